The lowest BCUT2D eigenvalue weighted by atomic mass is 9.94. The fourth-order valence-electron chi connectivity index (χ4n) is 3.23. The lowest BCUT2D eigenvalue weighted by Crippen LogP contribution is -2.60. The lowest BCUT2D eigenvalue weighted by Gasteiger charge is -2.43. The molecule has 0 aromatic carbocycles. The van der Waals surface area contributed by atoms with Crippen molar-refractivity contribution in [3.05, 3.63) is 11.3 Å². The summed E-state index contributed by atoms with van der Waals surface area (Å²) in [5.41, 5.74) is 0.831. The summed E-state index contributed by atoms with van der Waals surface area (Å²) < 4.78 is 9.71. The topological polar surface area (TPSA) is 67.9 Å². The summed E-state index contributed by atoms with van der Waals surface area (Å²) >= 11 is 0. The molecule has 2 bridgehead atoms. The maximum atomic E-state index is 11.9. The Balaban J connectivity index is 2.42. The highest BCUT2D eigenvalue weighted by atomic mass is 16.5. The molecular weight excluding hydrogens is 248 g/mol. The van der Waals surface area contributed by atoms with E-state index in [1.807, 2.05) is 25.8 Å². The van der Waals surface area contributed by atoms with Crippen LogP contribution in [0.4, 0.5) is 0 Å². The van der Waals surface area contributed by atoms with Crippen LogP contribution in [-0.4, -0.2) is 49.8 Å². The van der Waals surface area contributed by atoms with E-state index in [-0.39, 0.29) is 23.9 Å². The molecule has 2 aliphatic heterocycles. The number of carbonyl (C=O) groups excluding carboxylic acids is 2. The minimum absolute atomic E-state index is 0.122. The number of hydrogen-bond acceptors (Lipinski definition) is 6. The fraction of sp³-hybridized carbons (Fsp3) is 0.692. The second kappa shape index (κ2) is 4.52. The fourth-order valence-corrected chi connectivity index (χ4v) is 3.23. The minimum atomic E-state index is -0.528. The molecule has 2 heterocycles. The summed E-state index contributed by atoms with van der Waals surface area (Å²) in [6, 6.07) is -0.122. The van der Waals surface area contributed by atoms with Gasteiger partial charge in [0.1, 0.15) is 5.66 Å². The first-order valence-corrected chi connectivity index (χ1v) is 6.24. The molecule has 0 saturated carbocycles. The van der Waals surface area contributed by atoms with Crippen LogP contribution in [0.15, 0.2) is 11.3 Å². The van der Waals surface area contributed by atoms with Gasteiger partial charge in [-0.2, -0.15) is 0 Å². The highest BCUT2D eigenvalue weighted by Gasteiger charge is 2.57. The first-order valence-electron chi connectivity index (χ1n) is 6.24. The number of methoxy groups -OCH3 is 2. The molecule has 6 nitrogen and oxygen atoms in total. The third-order valence-corrected chi connectivity index (χ3v) is 4.41. The van der Waals surface area contributed by atoms with Crippen LogP contribution in [0.25, 0.3) is 0 Å². The predicted molar refractivity (Wildman–Crippen MR) is 67.9 cm³/mol. The lowest BCUT2D eigenvalue weighted by molar-refractivity contribution is -0.148. The predicted octanol–water partition coefficient (Wildman–Crippen LogP) is 0.246. The Morgan fingerprint density at radius 2 is 2.00 bits per heavy atom. The van der Waals surface area contributed by atoms with E-state index in [1.54, 1.807) is 0 Å². The maximum absolute atomic E-state index is 11.9. The van der Waals surface area contributed by atoms with E-state index >= 15 is 0 Å². The Bertz CT molecular complexity index is 460. The number of fused-ring (bicyclic) bond motifs is 2. The highest BCUT2D eigenvalue weighted by molar-refractivity contribution is 5.91. The molecule has 2 rings (SSSR count). The van der Waals surface area contributed by atoms with Crippen LogP contribution in [-0.2, 0) is 19.1 Å². The van der Waals surface area contributed by atoms with Crippen molar-refractivity contribution >= 4 is 11.9 Å². The van der Waals surface area contributed by atoms with Crippen LogP contribution in [0, 0.1) is 5.92 Å². The Hall–Kier alpha value is -1.56. The highest BCUT2D eigenvalue weighted by Crippen LogP contribution is 2.44. The van der Waals surface area contributed by atoms with E-state index in [1.165, 1.54) is 14.2 Å². The summed E-state index contributed by atoms with van der Waals surface area (Å²) in [5.74, 6) is -0.928. The minimum Gasteiger partial charge on any atom is -0.469 e. The molecule has 0 aromatic heterocycles. The summed E-state index contributed by atoms with van der Waals surface area (Å²) in [6.45, 7) is 3.79. The first kappa shape index (κ1) is 13.9. The van der Waals surface area contributed by atoms with Gasteiger partial charge < -0.3 is 14.8 Å². The monoisotopic (exact) mass is 268 g/mol. The molecule has 0 amide bonds. The first-order chi connectivity index (χ1) is 8.86. The van der Waals surface area contributed by atoms with Crippen LogP contribution in [0.2, 0.25) is 0 Å². The van der Waals surface area contributed by atoms with Gasteiger partial charge in [0.15, 0.2) is 0 Å². The number of hydrogen-bond donors (Lipinski definition) is 1. The molecule has 1 fully saturated rings. The third-order valence-electron chi connectivity index (χ3n) is 4.41. The largest absolute Gasteiger partial charge is 0.469 e. The average Bonchev–Trinajstić information content (AvgIpc) is 2.55. The van der Waals surface area contributed by atoms with Crippen LogP contribution in [0.5, 0.6) is 0 Å². The summed E-state index contributed by atoms with van der Waals surface area (Å²) in [5, 5.41) is 3.27. The van der Waals surface area contributed by atoms with E-state index < -0.39 is 5.66 Å². The van der Waals surface area contributed by atoms with Crippen molar-refractivity contribution in [3.8, 4) is 0 Å². The van der Waals surface area contributed by atoms with Crippen molar-refractivity contribution in [1.29, 1.82) is 0 Å². The number of likely N-dealkylation sites (N-methyl/N-ethyl adjacent to an activating group) is 1. The Morgan fingerprint density at radius 1 is 1.37 bits per heavy atom. The van der Waals surface area contributed by atoms with Crippen molar-refractivity contribution in [2.75, 3.05) is 21.3 Å². The second-order valence-corrected chi connectivity index (χ2v) is 5.24. The number of rotatable bonds is 2. The summed E-state index contributed by atoms with van der Waals surface area (Å²) in [7, 11) is 4.65. The molecule has 6 heteroatoms. The third kappa shape index (κ3) is 1.82. The average molecular weight is 268 g/mol. The van der Waals surface area contributed by atoms with Crippen molar-refractivity contribution < 1.29 is 19.1 Å². The normalized spacial score (nSPS) is 33.9. The standard InChI is InChI=1S/C13H20N2O4/c1-7-10(12(17)19-5)9-6-8(11(16)18-4)13(2,14-7)15(9)3/h8-9,14H,6H2,1-5H3/t8-,9+,13?/m1/s1. The molecule has 0 aromatic rings. The summed E-state index contributed by atoms with van der Waals surface area (Å²) in [4.78, 5) is 25.8. The van der Waals surface area contributed by atoms with Crippen LogP contribution >= 0.6 is 0 Å². The van der Waals surface area contributed by atoms with Gasteiger partial charge in [-0.15, -0.1) is 0 Å². The number of allylic oxidation sites excluding steroid dienone is 1. The maximum Gasteiger partial charge on any atom is 0.337 e. The molecule has 106 valence electrons. The van der Waals surface area contributed by atoms with E-state index in [9.17, 15) is 9.59 Å². The molecule has 0 spiro atoms. The number of nitrogens with one attached hydrogen (secondary N) is 1. The van der Waals surface area contributed by atoms with Gasteiger partial charge in [0.2, 0.25) is 0 Å². The van der Waals surface area contributed by atoms with Gasteiger partial charge in [-0.3, -0.25) is 9.69 Å². The van der Waals surface area contributed by atoms with E-state index in [0.717, 1.165) is 5.70 Å². The molecule has 1 saturated heterocycles. The van der Waals surface area contributed by atoms with Crippen molar-refractivity contribution in [2.24, 2.45) is 5.92 Å². The Kier molecular flexibility index (Phi) is 3.30. The van der Waals surface area contributed by atoms with Gasteiger partial charge in [0, 0.05) is 11.7 Å². The molecular formula is C13H20N2O4. The van der Waals surface area contributed by atoms with Crippen LogP contribution in [0.3, 0.4) is 0 Å². The van der Waals surface area contributed by atoms with Crippen molar-refractivity contribution in [1.82, 2.24) is 10.2 Å². The SMILES string of the molecule is COC(=O)C1=C(C)NC2(C)[C@@H](C(=O)OC)C[C@@H]1N2C. The van der Waals surface area contributed by atoms with Crippen LogP contribution < -0.4 is 5.32 Å². The molecule has 1 unspecified atom stereocenters. The van der Waals surface area contributed by atoms with E-state index in [0.29, 0.717) is 12.0 Å². The van der Waals surface area contributed by atoms with Gasteiger partial charge in [-0.25, -0.2) is 4.79 Å². The van der Waals surface area contributed by atoms with Gasteiger partial charge in [-0.05, 0) is 27.3 Å². The zero-order valence-corrected chi connectivity index (χ0v) is 11.9. The van der Waals surface area contributed by atoms with Crippen molar-refractivity contribution in [2.45, 2.75) is 32.0 Å². The van der Waals surface area contributed by atoms with Gasteiger partial charge in [0.05, 0.1) is 25.7 Å². The quantitative estimate of drug-likeness (QED) is 0.724. The Morgan fingerprint density at radius 3 is 2.53 bits per heavy atom. The molecule has 0 aliphatic carbocycles. The molecule has 0 radical (unpaired) electrons. The molecule has 2 aliphatic rings. The number of ether oxygens (including phenoxy) is 2. The zero-order chi connectivity index (χ0) is 14.4. The zero-order valence-electron chi connectivity index (χ0n) is 11.9. The second-order valence-electron chi connectivity index (χ2n) is 5.24. The van der Waals surface area contributed by atoms with Crippen LogP contribution in [0.1, 0.15) is 20.3 Å². The molecule has 1 N–H and O–H groups in total. The number of nitrogens with zero attached hydrogens (tertiary/aromatic N) is 1. The van der Waals surface area contributed by atoms with Gasteiger partial charge in [0.25, 0.3) is 0 Å². The summed E-state index contributed by atoms with van der Waals surface area (Å²) in [6.07, 6.45) is 0.550. The number of esters is 2. The Labute approximate surface area is 112 Å². The van der Waals surface area contributed by atoms with E-state index in [4.69, 9.17) is 9.47 Å². The van der Waals surface area contributed by atoms with E-state index in [2.05, 4.69) is 5.32 Å². The molecule has 3 atom stereocenters. The smallest absolute Gasteiger partial charge is 0.337 e. The van der Waals surface area contributed by atoms with Crippen molar-refractivity contribution in [3.63, 3.8) is 0 Å². The van der Waals surface area contributed by atoms with Gasteiger partial charge in [-0.1, -0.05) is 0 Å². The molecule has 19 heavy (non-hydrogen) atoms. The number of carbonyl (C=O) groups is 2. The van der Waals surface area contributed by atoms with Gasteiger partial charge >= 0.3 is 11.9 Å².